The minimum absolute atomic E-state index is 0.0142. The number of nitrogens with one attached hydrogen (secondary N) is 2. The second-order valence-electron chi connectivity index (χ2n) is 5.06. The molecule has 24 heavy (non-hydrogen) atoms. The summed E-state index contributed by atoms with van der Waals surface area (Å²) in [4.78, 5) is 12.4. The Morgan fingerprint density at radius 3 is 2.50 bits per heavy atom. The van der Waals surface area contributed by atoms with Crippen LogP contribution in [0.15, 0.2) is 60.7 Å². The van der Waals surface area contributed by atoms with E-state index < -0.39 is 17.5 Å². The molecule has 0 aliphatic rings. The highest BCUT2D eigenvalue weighted by atomic mass is 32.1. The Labute approximate surface area is 142 Å². The third-order valence-electron chi connectivity index (χ3n) is 3.44. The van der Waals surface area contributed by atoms with Crippen molar-refractivity contribution < 1.29 is 13.6 Å². The summed E-state index contributed by atoms with van der Waals surface area (Å²) in [7, 11) is 0. The van der Waals surface area contributed by atoms with Crippen molar-refractivity contribution in [1.29, 1.82) is 0 Å². The van der Waals surface area contributed by atoms with Gasteiger partial charge in [0, 0.05) is 11.6 Å². The van der Waals surface area contributed by atoms with Crippen LogP contribution >= 0.6 is 12.2 Å². The molecule has 3 rings (SSSR count). The number of carbonyl (C=O) groups is 1. The first-order valence-corrected chi connectivity index (χ1v) is 7.50. The van der Waals surface area contributed by atoms with Crippen LogP contribution < -0.4 is 10.6 Å². The van der Waals surface area contributed by atoms with E-state index in [1.807, 2.05) is 30.3 Å². The van der Waals surface area contributed by atoms with Crippen LogP contribution in [0.2, 0.25) is 0 Å². The van der Waals surface area contributed by atoms with Gasteiger partial charge in [-0.25, -0.2) is 8.78 Å². The lowest BCUT2D eigenvalue weighted by Crippen LogP contribution is -2.34. The van der Waals surface area contributed by atoms with Gasteiger partial charge in [-0.2, -0.15) is 0 Å². The highest BCUT2D eigenvalue weighted by Crippen LogP contribution is 2.19. The largest absolute Gasteiger partial charge is 0.330 e. The molecule has 0 fully saturated rings. The zero-order valence-corrected chi connectivity index (χ0v) is 13.2. The van der Waals surface area contributed by atoms with E-state index in [0.29, 0.717) is 5.56 Å². The van der Waals surface area contributed by atoms with Crippen molar-refractivity contribution in [1.82, 2.24) is 5.32 Å². The Balaban J connectivity index is 1.77. The molecular formula is C18H12F2N2OS. The molecular weight excluding hydrogens is 330 g/mol. The zero-order valence-electron chi connectivity index (χ0n) is 12.3. The van der Waals surface area contributed by atoms with E-state index in [1.165, 1.54) is 6.07 Å². The van der Waals surface area contributed by atoms with Gasteiger partial charge in [0.25, 0.3) is 5.91 Å². The predicted octanol–water partition coefficient (Wildman–Crippen LogP) is 4.24. The predicted molar refractivity (Wildman–Crippen MR) is 94.0 cm³/mol. The van der Waals surface area contributed by atoms with Gasteiger partial charge in [0.15, 0.2) is 5.11 Å². The van der Waals surface area contributed by atoms with Crippen LogP contribution in [0.1, 0.15) is 10.4 Å². The average molecular weight is 342 g/mol. The van der Waals surface area contributed by atoms with Crippen LogP contribution in [0.5, 0.6) is 0 Å². The average Bonchev–Trinajstić information content (AvgIpc) is 2.57. The minimum Gasteiger partial charge on any atom is -0.330 e. The van der Waals surface area contributed by atoms with Crippen molar-refractivity contribution in [2.45, 2.75) is 0 Å². The summed E-state index contributed by atoms with van der Waals surface area (Å²) < 4.78 is 26.5. The molecule has 3 aromatic rings. The standard InChI is InChI=1S/C18H12F2N2OS/c19-12-8-9-16(15(20)10-12)21-18(24)22-17(23)14-7-3-5-11-4-1-2-6-13(11)14/h1-10H,(H2,21,22,23,24). The molecule has 120 valence electrons. The van der Waals surface area contributed by atoms with Crippen molar-refractivity contribution in [2.75, 3.05) is 5.32 Å². The number of thiocarbonyl (C=S) groups is 1. The lowest BCUT2D eigenvalue weighted by molar-refractivity contribution is 0.0979. The molecule has 0 unspecified atom stereocenters. The summed E-state index contributed by atoms with van der Waals surface area (Å²) in [6.45, 7) is 0. The molecule has 3 nitrogen and oxygen atoms in total. The fourth-order valence-electron chi connectivity index (χ4n) is 2.34. The molecule has 0 aromatic heterocycles. The fraction of sp³-hybridized carbons (Fsp3) is 0. The Kier molecular flexibility index (Phi) is 4.48. The SMILES string of the molecule is O=C(NC(=S)Nc1ccc(F)cc1F)c1cccc2ccccc12. The van der Waals surface area contributed by atoms with E-state index >= 15 is 0 Å². The Bertz CT molecular complexity index is 938. The summed E-state index contributed by atoms with van der Waals surface area (Å²) in [5.41, 5.74) is 0.441. The highest BCUT2D eigenvalue weighted by Gasteiger charge is 2.12. The van der Waals surface area contributed by atoms with Gasteiger partial charge in [-0.1, -0.05) is 36.4 Å². The number of rotatable bonds is 2. The Hall–Kier alpha value is -2.86. The molecule has 6 heteroatoms. The normalized spacial score (nSPS) is 10.4. The molecule has 0 atom stereocenters. The van der Waals surface area contributed by atoms with Crippen LogP contribution in [-0.2, 0) is 0 Å². The Morgan fingerprint density at radius 2 is 1.71 bits per heavy atom. The topological polar surface area (TPSA) is 41.1 Å². The smallest absolute Gasteiger partial charge is 0.258 e. The van der Waals surface area contributed by atoms with Crippen molar-refractivity contribution in [3.8, 4) is 0 Å². The van der Waals surface area contributed by atoms with Gasteiger partial charge in [0.05, 0.1) is 5.69 Å². The summed E-state index contributed by atoms with van der Waals surface area (Å²) in [5, 5.41) is 6.68. The lowest BCUT2D eigenvalue weighted by Gasteiger charge is -2.11. The lowest BCUT2D eigenvalue weighted by atomic mass is 10.0. The monoisotopic (exact) mass is 342 g/mol. The second-order valence-corrected chi connectivity index (χ2v) is 5.47. The molecule has 0 saturated heterocycles. The summed E-state index contributed by atoms with van der Waals surface area (Å²) in [6, 6.07) is 15.8. The molecule has 0 aliphatic heterocycles. The molecule has 0 aliphatic carbocycles. The second kappa shape index (κ2) is 6.72. The van der Waals surface area contributed by atoms with Crippen molar-refractivity contribution in [3.05, 3.63) is 77.9 Å². The van der Waals surface area contributed by atoms with Crippen molar-refractivity contribution >= 4 is 39.7 Å². The number of hydrogen-bond acceptors (Lipinski definition) is 2. The third-order valence-corrected chi connectivity index (χ3v) is 3.64. The van der Waals surface area contributed by atoms with Gasteiger partial charge in [-0.05, 0) is 41.2 Å². The van der Waals surface area contributed by atoms with Crippen LogP contribution in [0, 0.1) is 11.6 Å². The van der Waals surface area contributed by atoms with E-state index in [0.717, 1.165) is 22.9 Å². The number of halogens is 2. The number of fused-ring (bicyclic) bond motifs is 1. The van der Waals surface area contributed by atoms with Crippen molar-refractivity contribution in [3.63, 3.8) is 0 Å². The van der Waals surface area contributed by atoms with Gasteiger partial charge in [-0.15, -0.1) is 0 Å². The molecule has 3 aromatic carbocycles. The summed E-state index contributed by atoms with van der Waals surface area (Å²) in [6.07, 6.45) is 0. The van der Waals surface area contributed by atoms with Gasteiger partial charge < -0.3 is 5.32 Å². The van der Waals surface area contributed by atoms with Gasteiger partial charge >= 0.3 is 0 Å². The Morgan fingerprint density at radius 1 is 0.958 bits per heavy atom. The fourth-order valence-corrected chi connectivity index (χ4v) is 2.54. The number of anilines is 1. The first kappa shape index (κ1) is 16.0. The summed E-state index contributed by atoms with van der Waals surface area (Å²) >= 11 is 5.02. The van der Waals surface area contributed by atoms with E-state index in [9.17, 15) is 13.6 Å². The van der Waals surface area contributed by atoms with E-state index in [1.54, 1.807) is 12.1 Å². The maximum Gasteiger partial charge on any atom is 0.258 e. The van der Waals surface area contributed by atoms with Crippen LogP contribution in [0.3, 0.4) is 0 Å². The van der Waals surface area contributed by atoms with Gasteiger partial charge in [-0.3, -0.25) is 10.1 Å². The first-order chi connectivity index (χ1) is 11.5. The molecule has 0 spiro atoms. The molecule has 2 N–H and O–H groups in total. The third kappa shape index (κ3) is 3.38. The first-order valence-electron chi connectivity index (χ1n) is 7.10. The van der Waals surface area contributed by atoms with Crippen LogP contribution in [0.4, 0.5) is 14.5 Å². The quantitative estimate of drug-likeness (QED) is 0.684. The van der Waals surface area contributed by atoms with E-state index in [2.05, 4.69) is 10.6 Å². The summed E-state index contributed by atoms with van der Waals surface area (Å²) in [5.74, 6) is -1.90. The number of amides is 1. The minimum atomic E-state index is -0.795. The number of benzene rings is 3. The maximum atomic E-state index is 13.6. The van der Waals surface area contributed by atoms with Crippen molar-refractivity contribution in [2.24, 2.45) is 0 Å². The van der Waals surface area contributed by atoms with Crippen LogP contribution in [-0.4, -0.2) is 11.0 Å². The molecule has 0 heterocycles. The molecule has 0 saturated carbocycles. The van der Waals surface area contributed by atoms with Crippen LogP contribution in [0.25, 0.3) is 10.8 Å². The van der Waals surface area contributed by atoms with Gasteiger partial charge in [0.1, 0.15) is 11.6 Å². The molecule has 0 radical (unpaired) electrons. The zero-order chi connectivity index (χ0) is 17.1. The number of hydrogen-bond donors (Lipinski definition) is 2. The maximum absolute atomic E-state index is 13.6. The highest BCUT2D eigenvalue weighted by molar-refractivity contribution is 7.80. The molecule has 1 amide bonds. The molecule has 0 bridgehead atoms. The van der Waals surface area contributed by atoms with E-state index in [4.69, 9.17) is 12.2 Å². The van der Waals surface area contributed by atoms with E-state index in [-0.39, 0.29) is 10.8 Å². The number of carbonyl (C=O) groups excluding carboxylic acids is 1. The van der Waals surface area contributed by atoms with Gasteiger partial charge in [0.2, 0.25) is 0 Å².